The number of anilines is 1. The van der Waals surface area contributed by atoms with Crippen LogP contribution in [0.2, 0.25) is 0 Å². The van der Waals surface area contributed by atoms with Gasteiger partial charge < -0.3 is 11.1 Å². The van der Waals surface area contributed by atoms with E-state index >= 15 is 0 Å². The van der Waals surface area contributed by atoms with Crippen molar-refractivity contribution in [1.29, 1.82) is 0 Å². The first-order chi connectivity index (χ1) is 7.08. The molecule has 1 fully saturated rings. The van der Waals surface area contributed by atoms with Crippen LogP contribution >= 0.6 is 11.3 Å². The van der Waals surface area contributed by atoms with E-state index in [2.05, 4.69) is 17.2 Å². The molecule has 2 rings (SSSR count). The summed E-state index contributed by atoms with van der Waals surface area (Å²) in [7, 11) is 0. The van der Waals surface area contributed by atoms with E-state index in [-0.39, 0.29) is 5.91 Å². The molecule has 1 amide bonds. The lowest BCUT2D eigenvalue weighted by Crippen LogP contribution is -2.25. The van der Waals surface area contributed by atoms with Gasteiger partial charge in [-0.25, -0.2) is 4.98 Å². The molecule has 15 heavy (non-hydrogen) atoms. The van der Waals surface area contributed by atoms with E-state index < -0.39 is 0 Å². The lowest BCUT2D eigenvalue weighted by molar-refractivity contribution is 0.0954. The highest BCUT2D eigenvalue weighted by molar-refractivity contribution is 7.17. The minimum atomic E-state index is -0.0409. The number of carbonyl (C=O) groups is 1. The number of carbonyl (C=O) groups excluding carboxylic acids is 1. The molecule has 0 saturated heterocycles. The summed E-state index contributed by atoms with van der Waals surface area (Å²) < 4.78 is 0. The number of hydrogen-bond donors (Lipinski definition) is 2. The lowest BCUT2D eigenvalue weighted by atomic mass is 10.3. The average Bonchev–Trinajstić information content (AvgIpc) is 2.76. The SMILES string of the molecule is Cc1nc(N)sc1C(=O)NCC1CC1C. The van der Waals surface area contributed by atoms with Gasteiger partial charge in [-0.05, 0) is 25.2 Å². The van der Waals surface area contributed by atoms with E-state index in [9.17, 15) is 4.79 Å². The molecule has 1 saturated carbocycles. The molecule has 0 radical (unpaired) electrons. The van der Waals surface area contributed by atoms with Gasteiger partial charge in [-0.15, -0.1) is 0 Å². The molecular formula is C10H15N3OS. The molecule has 1 aromatic rings. The van der Waals surface area contributed by atoms with Crippen molar-refractivity contribution >= 4 is 22.4 Å². The normalized spacial score (nSPS) is 23.9. The predicted octanol–water partition coefficient (Wildman–Crippen LogP) is 1.42. The maximum absolute atomic E-state index is 11.7. The first-order valence-electron chi connectivity index (χ1n) is 5.09. The quantitative estimate of drug-likeness (QED) is 0.817. The van der Waals surface area contributed by atoms with Crippen molar-refractivity contribution in [2.24, 2.45) is 11.8 Å². The van der Waals surface area contributed by atoms with Crippen LogP contribution in [0.4, 0.5) is 5.13 Å². The Bertz CT molecular complexity index is 388. The van der Waals surface area contributed by atoms with Gasteiger partial charge in [0, 0.05) is 6.54 Å². The monoisotopic (exact) mass is 225 g/mol. The number of nitrogen functional groups attached to an aromatic ring is 1. The highest BCUT2D eigenvalue weighted by atomic mass is 32.1. The molecule has 1 aliphatic carbocycles. The minimum absolute atomic E-state index is 0.0409. The number of hydrogen-bond acceptors (Lipinski definition) is 4. The zero-order valence-electron chi connectivity index (χ0n) is 8.91. The summed E-state index contributed by atoms with van der Waals surface area (Å²) >= 11 is 1.25. The smallest absolute Gasteiger partial charge is 0.263 e. The first kappa shape index (κ1) is 10.4. The Kier molecular flexibility index (Phi) is 2.65. The van der Waals surface area contributed by atoms with E-state index in [1.54, 1.807) is 0 Å². The van der Waals surface area contributed by atoms with Crippen LogP contribution in [0, 0.1) is 18.8 Å². The van der Waals surface area contributed by atoms with E-state index in [0.717, 1.165) is 18.2 Å². The van der Waals surface area contributed by atoms with Crippen LogP contribution in [0.1, 0.15) is 28.7 Å². The number of thiazole rings is 1. The third kappa shape index (κ3) is 2.28. The summed E-state index contributed by atoms with van der Waals surface area (Å²) in [6, 6.07) is 0. The Morgan fingerprint density at radius 3 is 2.87 bits per heavy atom. The van der Waals surface area contributed by atoms with Crippen LogP contribution < -0.4 is 11.1 Å². The zero-order chi connectivity index (χ0) is 11.0. The second kappa shape index (κ2) is 3.81. The summed E-state index contributed by atoms with van der Waals surface area (Å²) in [5, 5.41) is 3.38. The van der Waals surface area contributed by atoms with Crippen LogP contribution in [0.15, 0.2) is 0 Å². The van der Waals surface area contributed by atoms with E-state index in [1.807, 2.05) is 6.92 Å². The molecule has 0 aromatic carbocycles. The second-order valence-corrected chi connectivity index (χ2v) is 5.18. The number of nitrogens with two attached hydrogens (primary N) is 1. The minimum Gasteiger partial charge on any atom is -0.375 e. The third-order valence-electron chi connectivity index (χ3n) is 2.82. The number of aryl methyl sites for hydroxylation is 1. The molecule has 0 aliphatic heterocycles. The number of nitrogens with zero attached hydrogens (tertiary/aromatic N) is 1. The van der Waals surface area contributed by atoms with Crippen molar-refractivity contribution in [2.45, 2.75) is 20.3 Å². The van der Waals surface area contributed by atoms with E-state index in [0.29, 0.717) is 15.9 Å². The standard InChI is InChI=1S/C10H15N3OS/c1-5-3-7(5)4-12-9(14)8-6(2)13-10(11)15-8/h5,7H,3-4H2,1-2H3,(H2,11,13)(H,12,14). The summed E-state index contributed by atoms with van der Waals surface area (Å²) in [5.74, 6) is 1.39. The first-order valence-corrected chi connectivity index (χ1v) is 5.90. The molecule has 4 nitrogen and oxygen atoms in total. The van der Waals surface area contributed by atoms with Crippen LogP contribution in [-0.4, -0.2) is 17.4 Å². The fraction of sp³-hybridized carbons (Fsp3) is 0.600. The molecule has 2 atom stereocenters. The van der Waals surface area contributed by atoms with Crippen molar-refractivity contribution in [1.82, 2.24) is 10.3 Å². The maximum atomic E-state index is 11.7. The summed E-state index contributed by atoms with van der Waals surface area (Å²) in [6.45, 7) is 4.78. The van der Waals surface area contributed by atoms with E-state index in [1.165, 1.54) is 17.8 Å². The van der Waals surface area contributed by atoms with Crippen molar-refractivity contribution < 1.29 is 4.79 Å². The molecular weight excluding hydrogens is 210 g/mol. The predicted molar refractivity (Wildman–Crippen MR) is 60.9 cm³/mol. The third-order valence-corrected chi connectivity index (χ3v) is 3.81. The fourth-order valence-corrected chi connectivity index (χ4v) is 2.37. The molecule has 2 unspecified atom stereocenters. The number of aromatic nitrogens is 1. The van der Waals surface area contributed by atoms with Crippen molar-refractivity contribution in [3.05, 3.63) is 10.6 Å². The maximum Gasteiger partial charge on any atom is 0.263 e. The molecule has 5 heteroatoms. The topological polar surface area (TPSA) is 68.0 Å². The van der Waals surface area contributed by atoms with Crippen LogP contribution in [-0.2, 0) is 0 Å². The molecule has 82 valence electrons. The van der Waals surface area contributed by atoms with E-state index in [4.69, 9.17) is 5.73 Å². The molecule has 1 aromatic heterocycles. The number of amides is 1. The number of nitrogens with one attached hydrogen (secondary N) is 1. The van der Waals surface area contributed by atoms with Crippen molar-refractivity contribution in [3.8, 4) is 0 Å². The van der Waals surface area contributed by atoms with Crippen molar-refractivity contribution in [2.75, 3.05) is 12.3 Å². The molecule has 0 bridgehead atoms. The zero-order valence-corrected chi connectivity index (χ0v) is 9.73. The largest absolute Gasteiger partial charge is 0.375 e. The number of rotatable bonds is 3. The molecule has 3 N–H and O–H groups in total. The highest BCUT2D eigenvalue weighted by Gasteiger charge is 2.32. The van der Waals surface area contributed by atoms with Gasteiger partial charge in [0.05, 0.1) is 5.69 Å². The van der Waals surface area contributed by atoms with Crippen molar-refractivity contribution in [3.63, 3.8) is 0 Å². The van der Waals surface area contributed by atoms with Crippen LogP contribution in [0.5, 0.6) is 0 Å². The Morgan fingerprint density at radius 1 is 1.73 bits per heavy atom. The molecule has 1 heterocycles. The van der Waals surface area contributed by atoms with Gasteiger partial charge in [0.15, 0.2) is 5.13 Å². The van der Waals surface area contributed by atoms with Gasteiger partial charge >= 0.3 is 0 Å². The Hall–Kier alpha value is -1.10. The summed E-state index contributed by atoms with van der Waals surface area (Å²) in [6.07, 6.45) is 1.23. The highest BCUT2D eigenvalue weighted by Crippen LogP contribution is 2.36. The summed E-state index contributed by atoms with van der Waals surface area (Å²) in [4.78, 5) is 16.4. The van der Waals surface area contributed by atoms with Gasteiger partial charge in [-0.2, -0.15) is 0 Å². The molecule has 0 spiro atoms. The Morgan fingerprint density at radius 2 is 2.40 bits per heavy atom. The van der Waals surface area contributed by atoms with Gasteiger partial charge in [0.25, 0.3) is 5.91 Å². The Labute approximate surface area is 92.9 Å². The fourth-order valence-electron chi connectivity index (χ4n) is 1.62. The van der Waals surface area contributed by atoms with Gasteiger partial charge in [-0.1, -0.05) is 18.3 Å². The summed E-state index contributed by atoms with van der Waals surface area (Å²) in [5.41, 5.74) is 6.26. The lowest BCUT2D eigenvalue weighted by Gasteiger charge is -2.02. The van der Waals surface area contributed by atoms with Gasteiger partial charge in [-0.3, -0.25) is 4.79 Å². The second-order valence-electron chi connectivity index (χ2n) is 4.15. The van der Waals surface area contributed by atoms with Gasteiger partial charge in [0.1, 0.15) is 4.88 Å². The average molecular weight is 225 g/mol. The van der Waals surface area contributed by atoms with Crippen LogP contribution in [0.3, 0.4) is 0 Å². The van der Waals surface area contributed by atoms with Gasteiger partial charge in [0.2, 0.25) is 0 Å². The van der Waals surface area contributed by atoms with Crippen LogP contribution in [0.25, 0.3) is 0 Å². The Balaban J connectivity index is 1.92. The molecule has 1 aliphatic rings.